The summed E-state index contributed by atoms with van der Waals surface area (Å²) in [5, 5.41) is 0. The molecule has 2 aromatic rings. The standard InChI is InChI=1S/C23H42N4/c1-5-7-9-11-13-15-17-27-21-19-25(4)23(27)22-24(3)18-20-26(22)16-14-12-10-8-6-2/h18-21H,5-17H2,1-4H3/q+2. The second-order valence-corrected chi connectivity index (χ2v) is 8.03. The lowest BCUT2D eigenvalue weighted by Crippen LogP contribution is -2.38. The molecule has 0 saturated heterocycles. The fourth-order valence-electron chi connectivity index (χ4n) is 3.93. The molecule has 0 aliphatic carbocycles. The minimum Gasteiger partial charge on any atom is -0.226 e. The van der Waals surface area contributed by atoms with Crippen molar-refractivity contribution in [2.24, 2.45) is 14.1 Å². The van der Waals surface area contributed by atoms with Crippen LogP contribution < -0.4 is 9.13 Å². The summed E-state index contributed by atoms with van der Waals surface area (Å²) >= 11 is 0. The van der Waals surface area contributed by atoms with E-state index >= 15 is 0 Å². The molecule has 0 atom stereocenters. The Bertz CT molecular complexity index is 653. The van der Waals surface area contributed by atoms with Crippen molar-refractivity contribution < 1.29 is 9.13 Å². The van der Waals surface area contributed by atoms with E-state index in [1.54, 1.807) is 0 Å². The molecule has 0 spiro atoms. The molecule has 0 unspecified atom stereocenters. The van der Waals surface area contributed by atoms with Gasteiger partial charge in [-0.25, -0.2) is 18.3 Å². The third-order valence-corrected chi connectivity index (χ3v) is 5.61. The Hall–Kier alpha value is -1.58. The molecular formula is C23H42N4+2. The van der Waals surface area contributed by atoms with Gasteiger partial charge in [0.15, 0.2) is 0 Å². The average Bonchev–Trinajstić information content (AvgIpc) is 3.20. The molecule has 0 aliphatic heterocycles. The highest BCUT2D eigenvalue weighted by Gasteiger charge is 2.29. The van der Waals surface area contributed by atoms with Crippen LogP contribution in [0, 0.1) is 0 Å². The van der Waals surface area contributed by atoms with Gasteiger partial charge in [-0.3, -0.25) is 0 Å². The monoisotopic (exact) mass is 374 g/mol. The lowest BCUT2D eigenvalue weighted by Gasteiger charge is -2.04. The first kappa shape index (κ1) is 21.7. The molecule has 0 bridgehead atoms. The molecular weight excluding hydrogens is 332 g/mol. The fourth-order valence-corrected chi connectivity index (χ4v) is 3.93. The van der Waals surface area contributed by atoms with Crippen molar-refractivity contribution in [2.75, 3.05) is 0 Å². The summed E-state index contributed by atoms with van der Waals surface area (Å²) in [7, 11) is 4.34. The lowest BCUT2D eigenvalue weighted by atomic mass is 10.1. The number of rotatable bonds is 14. The highest BCUT2D eigenvalue weighted by molar-refractivity contribution is 5.36. The summed E-state index contributed by atoms with van der Waals surface area (Å²) in [6.45, 7) is 6.79. The van der Waals surface area contributed by atoms with Crippen molar-refractivity contribution in [2.45, 2.75) is 97.6 Å². The van der Waals surface area contributed by atoms with Crippen molar-refractivity contribution in [3.05, 3.63) is 24.8 Å². The maximum Gasteiger partial charge on any atom is 0.373 e. The van der Waals surface area contributed by atoms with Crippen molar-refractivity contribution in [1.29, 1.82) is 0 Å². The predicted molar refractivity (Wildman–Crippen MR) is 112 cm³/mol. The number of hydrogen-bond donors (Lipinski definition) is 0. The van der Waals surface area contributed by atoms with Gasteiger partial charge in [0.05, 0.1) is 27.2 Å². The Morgan fingerprint density at radius 1 is 0.593 bits per heavy atom. The summed E-state index contributed by atoms with van der Waals surface area (Å²) in [5.74, 6) is 2.65. The first-order valence-corrected chi connectivity index (χ1v) is 11.3. The van der Waals surface area contributed by atoms with E-state index in [9.17, 15) is 0 Å². The Morgan fingerprint density at radius 2 is 0.963 bits per heavy atom. The van der Waals surface area contributed by atoms with Gasteiger partial charge in [0, 0.05) is 0 Å². The number of unbranched alkanes of at least 4 members (excludes halogenated alkanes) is 9. The molecule has 0 saturated carbocycles. The van der Waals surface area contributed by atoms with Crippen LogP contribution in [0.2, 0.25) is 0 Å². The second-order valence-electron chi connectivity index (χ2n) is 8.03. The molecule has 0 N–H and O–H groups in total. The Balaban J connectivity index is 2.00. The van der Waals surface area contributed by atoms with Crippen molar-refractivity contribution in [1.82, 2.24) is 9.13 Å². The number of hydrogen-bond acceptors (Lipinski definition) is 0. The van der Waals surface area contributed by atoms with E-state index in [4.69, 9.17) is 0 Å². The van der Waals surface area contributed by atoms with E-state index in [1.165, 1.54) is 82.3 Å². The number of aromatic nitrogens is 4. The van der Waals surface area contributed by atoms with Crippen LogP contribution in [0.1, 0.15) is 84.5 Å². The van der Waals surface area contributed by atoms with Crippen LogP contribution in [0.5, 0.6) is 0 Å². The maximum atomic E-state index is 2.45. The van der Waals surface area contributed by atoms with Gasteiger partial charge < -0.3 is 0 Å². The highest BCUT2D eigenvalue weighted by Crippen LogP contribution is 2.16. The molecule has 2 aromatic heterocycles. The minimum absolute atomic E-state index is 1.11. The van der Waals surface area contributed by atoms with Gasteiger partial charge in [0.1, 0.15) is 24.8 Å². The zero-order chi connectivity index (χ0) is 19.5. The molecule has 0 fully saturated rings. The zero-order valence-corrected chi connectivity index (χ0v) is 18.3. The van der Waals surface area contributed by atoms with Crippen LogP contribution in [0.15, 0.2) is 24.8 Å². The summed E-state index contributed by atoms with van der Waals surface area (Å²) < 4.78 is 9.45. The molecule has 2 rings (SSSR count). The third-order valence-electron chi connectivity index (χ3n) is 5.61. The van der Waals surface area contributed by atoms with Gasteiger partial charge in [-0.05, 0) is 25.7 Å². The number of imidazole rings is 2. The van der Waals surface area contributed by atoms with E-state index in [-0.39, 0.29) is 0 Å². The average molecular weight is 375 g/mol. The molecule has 4 nitrogen and oxygen atoms in total. The second kappa shape index (κ2) is 12.0. The van der Waals surface area contributed by atoms with Gasteiger partial charge in [-0.15, -0.1) is 0 Å². The Kier molecular flexibility index (Phi) is 9.65. The molecule has 0 aromatic carbocycles. The third kappa shape index (κ3) is 6.51. The van der Waals surface area contributed by atoms with Gasteiger partial charge in [-0.1, -0.05) is 58.8 Å². The Morgan fingerprint density at radius 3 is 1.37 bits per heavy atom. The van der Waals surface area contributed by atoms with Crippen LogP contribution in [0.3, 0.4) is 0 Å². The fraction of sp³-hybridized carbons (Fsp3) is 0.739. The van der Waals surface area contributed by atoms with E-state index < -0.39 is 0 Å². The van der Waals surface area contributed by atoms with E-state index in [1.807, 2.05) is 0 Å². The van der Waals surface area contributed by atoms with Crippen LogP contribution in [0.4, 0.5) is 0 Å². The molecule has 0 amide bonds. The normalized spacial score (nSPS) is 11.4. The van der Waals surface area contributed by atoms with Crippen molar-refractivity contribution in [3.8, 4) is 11.6 Å². The van der Waals surface area contributed by atoms with Crippen LogP contribution in [-0.4, -0.2) is 9.13 Å². The van der Waals surface area contributed by atoms with Gasteiger partial charge >= 0.3 is 11.6 Å². The molecule has 27 heavy (non-hydrogen) atoms. The molecule has 0 radical (unpaired) electrons. The first-order valence-electron chi connectivity index (χ1n) is 11.3. The number of aryl methyl sites for hydroxylation is 4. The SMILES string of the molecule is CCCCCCCCn1cc[n+](C)c1-c1n(CCCCCCC)cc[n+]1C. The predicted octanol–water partition coefficient (Wildman–Crippen LogP) is 4.94. The topological polar surface area (TPSA) is 17.6 Å². The molecule has 2 heterocycles. The van der Waals surface area contributed by atoms with E-state index in [0.717, 1.165) is 13.1 Å². The van der Waals surface area contributed by atoms with Crippen molar-refractivity contribution in [3.63, 3.8) is 0 Å². The maximum absolute atomic E-state index is 2.45. The summed E-state index contributed by atoms with van der Waals surface area (Å²) in [6, 6.07) is 0. The first-order chi connectivity index (χ1) is 13.2. The summed E-state index contributed by atoms with van der Waals surface area (Å²) in [5.41, 5.74) is 0. The lowest BCUT2D eigenvalue weighted by molar-refractivity contribution is -0.690. The van der Waals surface area contributed by atoms with E-state index in [2.05, 4.69) is 71.0 Å². The zero-order valence-electron chi connectivity index (χ0n) is 18.3. The highest BCUT2D eigenvalue weighted by atomic mass is 15.2. The van der Waals surface area contributed by atoms with Gasteiger partial charge in [0.25, 0.3) is 0 Å². The minimum atomic E-state index is 1.11. The molecule has 4 heteroatoms. The smallest absolute Gasteiger partial charge is 0.226 e. The summed E-state index contributed by atoms with van der Waals surface area (Å²) in [6.07, 6.45) is 23.6. The van der Waals surface area contributed by atoms with Crippen LogP contribution >= 0.6 is 0 Å². The molecule has 152 valence electrons. The summed E-state index contributed by atoms with van der Waals surface area (Å²) in [4.78, 5) is 0. The largest absolute Gasteiger partial charge is 0.373 e. The molecule has 0 aliphatic rings. The van der Waals surface area contributed by atoms with Gasteiger partial charge in [-0.2, -0.15) is 0 Å². The Labute approximate surface area is 166 Å². The van der Waals surface area contributed by atoms with Gasteiger partial charge in [0.2, 0.25) is 0 Å². The van der Waals surface area contributed by atoms with Crippen LogP contribution in [-0.2, 0) is 27.2 Å². The van der Waals surface area contributed by atoms with E-state index in [0.29, 0.717) is 0 Å². The quantitative estimate of drug-likeness (QED) is 0.329. The number of nitrogens with zero attached hydrogens (tertiary/aromatic N) is 4. The van der Waals surface area contributed by atoms with Crippen molar-refractivity contribution >= 4 is 0 Å². The van der Waals surface area contributed by atoms with Crippen LogP contribution in [0.25, 0.3) is 11.6 Å².